The molecule has 0 spiro atoms. The first-order valence-corrected chi connectivity index (χ1v) is 8.29. The Bertz CT molecular complexity index is 345. The van der Waals surface area contributed by atoms with Gasteiger partial charge in [-0.2, -0.15) is 0 Å². The van der Waals surface area contributed by atoms with Crippen LogP contribution in [0.15, 0.2) is 0 Å². The lowest BCUT2D eigenvalue weighted by Crippen LogP contribution is -2.55. The maximum Gasteiger partial charge on any atom is 0.315 e. The van der Waals surface area contributed by atoms with Gasteiger partial charge in [0.1, 0.15) is 0 Å². The van der Waals surface area contributed by atoms with E-state index in [0.29, 0.717) is 6.42 Å². The van der Waals surface area contributed by atoms with Crippen molar-refractivity contribution in [3.63, 3.8) is 0 Å². The number of aliphatic carboxylic acids is 1. The number of carboxylic acid groups (broad SMARTS) is 1. The van der Waals surface area contributed by atoms with E-state index in [1.165, 1.54) is 0 Å². The van der Waals surface area contributed by atoms with Crippen LogP contribution in [0.5, 0.6) is 0 Å². The second-order valence-corrected chi connectivity index (χ2v) is 6.13. The topological polar surface area (TPSA) is 78.4 Å². The summed E-state index contributed by atoms with van der Waals surface area (Å²) in [4.78, 5) is 23.6. The highest BCUT2D eigenvalue weighted by atomic mass is 16.4. The summed E-state index contributed by atoms with van der Waals surface area (Å²) in [5, 5.41) is 15.3. The molecule has 122 valence electrons. The highest BCUT2D eigenvalue weighted by Crippen LogP contribution is 2.24. The normalized spacial score (nSPS) is 23.2. The maximum absolute atomic E-state index is 12.3. The molecule has 2 atom stereocenters. The number of carbonyl (C=O) groups is 2. The molecule has 0 aromatic heterocycles. The molecule has 0 saturated heterocycles. The van der Waals surface area contributed by atoms with Crippen LogP contribution >= 0.6 is 0 Å². The van der Waals surface area contributed by atoms with Crippen LogP contribution < -0.4 is 10.6 Å². The minimum atomic E-state index is -0.796. The third kappa shape index (κ3) is 4.90. The Morgan fingerprint density at radius 2 is 1.62 bits per heavy atom. The molecule has 1 rings (SSSR count). The summed E-state index contributed by atoms with van der Waals surface area (Å²) in [5.74, 6) is -1.26. The van der Waals surface area contributed by atoms with Gasteiger partial charge in [0.05, 0.1) is 5.92 Å². The van der Waals surface area contributed by atoms with E-state index in [1.54, 1.807) is 0 Å². The number of amides is 2. The van der Waals surface area contributed by atoms with Gasteiger partial charge in [-0.25, -0.2) is 4.79 Å². The molecule has 1 aliphatic carbocycles. The number of nitrogens with one attached hydrogen (secondary N) is 2. The predicted octanol–water partition coefficient (Wildman–Crippen LogP) is 3.29. The highest BCUT2D eigenvalue weighted by molar-refractivity contribution is 5.77. The molecule has 5 nitrogen and oxygen atoms in total. The molecule has 0 aromatic rings. The minimum Gasteiger partial charge on any atom is -0.481 e. The lowest BCUT2D eigenvalue weighted by atomic mass is 9.90. The lowest BCUT2D eigenvalue weighted by molar-refractivity contribution is -0.142. The molecule has 0 heterocycles. The summed E-state index contributed by atoms with van der Waals surface area (Å²) in [5.41, 5.74) is -0.187. The summed E-state index contributed by atoms with van der Waals surface area (Å²) < 4.78 is 0. The van der Waals surface area contributed by atoms with E-state index in [4.69, 9.17) is 0 Å². The van der Waals surface area contributed by atoms with Gasteiger partial charge in [-0.1, -0.05) is 40.0 Å². The van der Waals surface area contributed by atoms with Gasteiger partial charge in [-0.15, -0.1) is 0 Å². The quantitative estimate of drug-likeness (QED) is 0.658. The molecule has 1 saturated carbocycles. The third-order valence-corrected chi connectivity index (χ3v) is 5.06. The Morgan fingerprint density at radius 3 is 2.14 bits per heavy atom. The number of rotatable bonds is 6. The van der Waals surface area contributed by atoms with Crippen LogP contribution in [0.2, 0.25) is 0 Å². The Hall–Kier alpha value is -1.26. The number of urea groups is 1. The van der Waals surface area contributed by atoms with Gasteiger partial charge in [0.25, 0.3) is 0 Å². The van der Waals surface area contributed by atoms with E-state index in [9.17, 15) is 14.7 Å². The van der Waals surface area contributed by atoms with Crippen LogP contribution in [0.25, 0.3) is 0 Å². The van der Waals surface area contributed by atoms with E-state index in [-0.39, 0.29) is 17.6 Å². The largest absolute Gasteiger partial charge is 0.481 e. The fourth-order valence-electron chi connectivity index (χ4n) is 3.24. The van der Waals surface area contributed by atoms with Gasteiger partial charge >= 0.3 is 12.0 Å². The zero-order valence-electron chi connectivity index (χ0n) is 13.6. The number of hydrogen-bond acceptors (Lipinski definition) is 2. The zero-order valence-corrected chi connectivity index (χ0v) is 13.6. The maximum atomic E-state index is 12.3. The van der Waals surface area contributed by atoms with Crippen molar-refractivity contribution in [1.29, 1.82) is 0 Å². The standard InChI is InChI=1S/C16H30N2O3/c1-4-16(5-2,6-3)18-15(21)17-13-11-9-7-8-10-12(13)14(19)20/h12-13H,4-11H2,1-3H3,(H,19,20)(H2,17,18,21). The van der Waals surface area contributed by atoms with Gasteiger partial charge in [0.2, 0.25) is 0 Å². The first kappa shape index (κ1) is 17.8. The molecule has 2 amide bonds. The molecule has 0 aromatic carbocycles. The molecule has 21 heavy (non-hydrogen) atoms. The molecular formula is C16H30N2O3. The summed E-state index contributed by atoms with van der Waals surface area (Å²) in [6, 6.07) is -0.480. The minimum absolute atomic E-state index is 0.187. The van der Waals surface area contributed by atoms with Gasteiger partial charge in [-0.3, -0.25) is 4.79 Å². The Balaban J connectivity index is 2.68. The first-order chi connectivity index (χ1) is 9.98. The van der Waals surface area contributed by atoms with E-state index in [0.717, 1.165) is 44.9 Å². The van der Waals surface area contributed by atoms with Crippen molar-refractivity contribution in [3.8, 4) is 0 Å². The monoisotopic (exact) mass is 298 g/mol. The van der Waals surface area contributed by atoms with Crippen molar-refractivity contribution in [2.24, 2.45) is 5.92 Å². The van der Waals surface area contributed by atoms with Gasteiger partial charge in [0, 0.05) is 11.6 Å². The number of hydrogen-bond donors (Lipinski definition) is 3. The van der Waals surface area contributed by atoms with E-state index >= 15 is 0 Å². The molecule has 0 aliphatic heterocycles. The highest BCUT2D eigenvalue weighted by Gasteiger charge is 2.32. The molecule has 0 bridgehead atoms. The van der Waals surface area contributed by atoms with Crippen molar-refractivity contribution in [3.05, 3.63) is 0 Å². The third-order valence-electron chi connectivity index (χ3n) is 5.06. The fraction of sp³-hybridized carbons (Fsp3) is 0.875. The van der Waals surface area contributed by atoms with Crippen molar-refractivity contribution in [2.75, 3.05) is 0 Å². The van der Waals surface area contributed by atoms with Gasteiger partial charge < -0.3 is 15.7 Å². The second-order valence-electron chi connectivity index (χ2n) is 6.13. The molecule has 1 fully saturated rings. The number of carboxylic acids is 1. The SMILES string of the molecule is CCC(CC)(CC)NC(=O)NC1CCCCCC1C(=O)O. The zero-order chi connectivity index (χ0) is 15.9. The van der Waals surface area contributed by atoms with Crippen LogP contribution in [0.1, 0.15) is 72.1 Å². The Kier molecular flexibility index (Phi) is 6.99. The lowest BCUT2D eigenvalue weighted by Gasteiger charge is -2.33. The van der Waals surface area contributed by atoms with Crippen molar-refractivity contribution < 1.29 is 14.7 Å². The summed E-state index contributed by atoms with van der Waals surface area (Å²) >= 11 is 0. The van der Waals surface area contributed by atoms with Crippen molar-refractivity contribution in [2.45, 2.75) is 83.7 Å². The molecule has 0 radical (unpaired) electrons. The van der Waals surface area contributed by atoms with E-state index in [2.05, 4.69) is 31.4 Å². The summed E-state index contributed by atoms with van der Waals surface area (Å²) in [6.45, 7) is 6.21. The van der Waals surface area contributed by atoms with Crippen LogP contribution in [0, 0.1) is 5.92 Å². The second kappa shape index (κ2) is 8.25. The summed E-state index contributed by atoms with van der Waals surface area (Å²) in [7, 11) is 0. The molecular weight excluding hydrogens is 268 g/mol. The Labute approximate surface area is 127 Å². The van der Waals surface area contributed by atoms with Crippen LogP contribution in [0.4, 0.5) is 4.79 Å². The molecule has 3 N–H and O–H groups in total. The number of carbonyl (C=O) groups excluding carboxylic acids is 1. The fourth-order valence-corrected chi connectivity index (χ4v) is 3.24. The smallest absolute Gasteiger partial charge is 0.315 e. The van der Waals surface area contributed by atoms with Crippen LogP contribution in [0.3, 0.4) is 0 Å². The average Bonchev–Trinajstić information content (AvgIpc) is 2.70. The van der Waals surface area contributed by atoms with E-state index < -0.39 is 11.9 Å². The van der Waals surface area contributed by atoms with Crippen molar-refractivity contribution in [1.82, 2.24) is 10.6 Å². The average molecular weight is 298 g/mol. The van der Waals surface area contributed by atoms with E-state index in [1.807, 2.05) is 0 Å². The first-order valence-electron chi connectivity index (χ1n) is 8.29. The van der Waals surface area contributed by atoms with Gasteiger partial charge in [-0.05, 0) is 32.1 Å². The van der Waals surface area contributed by atoms with Crippen LogP contribution in [-0.2, 0) is 4.79 Å². The predicted molar refractivity (Wildman–Crippen MR) is 83.3 cm³/mol. The van der Waals surface area contributed by atoms with Crippen LogP contribution in [-0.4, -0.2) is 28.7 Å². The molecule has 5 heteroatoms. The van der Waals surface area contributed by atoms with Gasteiger partial charge in [0.15, 0.2) is 0 Å². The summed E-state index contributed by atoms with van der Waals surface area (Å²) in [6.07, 6.45) is 6.99. The Morgan fingerprint density at radius 1 is 1.05 bits per heavy atom. The molecule has 2 unspecified atom stereocenters. The molecule has 1 aliphatic rings. The van der Waals surface area contributed by atoms with Crippen molar-refractivity contribution >= 4 is 12.0 Å².